The van der Waals surface area contributed by atoms with Crippen LogP contribution in [0.3, 0.4) is 0 Å². The summed E-state index contributed by atoms with van der Waals surface area (Å²) in [6.45, 7) is 15.9. The van der Waals surface area contributed by atoms with Crippen LogP contribution in [-0.2, 0) is 9.13 Å². The van der Waals surface area contributed by atoms with E-state index in [9.17, 15) is 9.13 Å². The zero-order valence-electron chi connectivity index (χ0n) is 19.1. The molecule has 0 spiro atoms. The molecule has 6 heteroatoms. The number of rotatable bonds is 1. The fraction of sp³-hybridized carbons (Fsp3) is 0.500. The molecule has 0 bridgehead atoms. The maximum atomic E-state index is 14.9. The number of aryl methyl sites for hydroxylation is 2. The van der Waals surface area contributed by atoms with Crippen LogP contribution >= 0.6 is 14.3 Å². The van der Waals surface area contributed by atoms with Gasteiger partial charge in [-0.1, -0.05) is 65.8 Å². The van der Waals surface area contributed by atoms with Crippen molar-refractivity contribution in [3.05, 3.63) is 47.5 Å². The Labute approximate surface area is 180 Å². The van der Waals surface area contributed by atoms with Gasteiger partial charge in [-0.2, -0.15) is 0 Å². The summed E-state index contributed by atoms with van der Waals surface area (Å²) in [5, 5.41) is 0.425. The second kappa shape index (κ2) is 6.50. The molecular weight excluding hydrogens is 414 g/mol. The van der Waals surface area contributed by atoms with E-state index in [2.05, 4.69) is 0 Å². The Morgan fingerprint density at radius 1 is 0.667 bits per heavy atom. The van der Waals surface area contributed by atoms with Gasteiger partial charge < -0.3 is 18.6 Å². The number of hydrogen-bond acceptors (Lipinski definition) is 4. The summed E-state index contributed by atoms with van der Waals surface area (Å²) in [6.07, 6.45) is 0. The third-order valence-electron chi connectivity index (χ3n) is 6.52. The Bertz CT molecular complexity index is 1030. The minimum Gasteiger partial charge on any atom is -0.477 e. The van der Waals surface area contributed by atoms with E-state index in [-0.39, 0.29) is 0 Å². The van der Waals surface area contributed by atoms with Crippen molar-refractivity contribution in [2.24, 2.45) is 0 Å². The summed E-state index contributed by atoms with van der Waals surface area (Å²) in [5.41, 5.74) is 1.90. The molecule has 0 saturated carbocycles. The number of ether oxygens (including phenoxy) is 2. The van der Waals surface area contributed by atoms with Crippen molar-refractivity contribution >= 4 is 24.9 Å². The highest BCUT2D eigenvalue weighted by Crippen LogP contribution is 2.75. The quantitative estimate of drug-likeness (QED) is 0.503. The van der Waals surface area contributed by atoms with Gasteiger partial charge in [-0.25, -0.2) is 0 Å². The highest BCUT2D eigenvalue weighted by atomic mass is 31.2. The molecule has 4 nitrogen and oxygen atoms in total. The molecule has 0 radical (unpaired) electrons. The lowest BCUT2D eigenvalue weighted by Gasteiger charge is -2.39. The van der Waals surface area contributed by atoms with Gasteiger partial charge in [-0.05, 0) is 37.1 Å². The maximum Gasteiger partial charge on any atom is 0.199 e. The Morgan fingerprint density at radius 2 is 1.00 bits per heavy atom. The van der Waals surface area contributed by atoms with Crippen molar-refractivity contribution in [3.8, 4) is 11.5 Å². The summed E-state index contributed by atoms with van der Waals surface area (Å²) < 4.78 is 42.7. The first-order valence-corrected chi connectivity index (χ1v) is 14.0. The molecule has 2 heterocycles. The van der Waals surface area contributed by atoms with Crippen LogP contribution in [0.4, 0.5) is 0 Å². The second-order valence-electron chi connectivity index (χ2n) is 10.5. The minimum absolute atomic E-state index is 0.565. The molecule has 162 valence electrons. The first-order chi connectivity index (χ1) is 13.7. The average molecular weight is 446 g/mol. The summed E-state index contributed by atoms with van der Waals surface area (Å²) in [7, 11) is -6.31. The lowest BCUT2D eigenvalue weighted by atomic mass is 10.2. The van der Waals surface area contributed by atoms with Gasteiger partial charge in [-0.15, -0.1) is 0 Å². The van der Waals surface area contributed by atoms with Crippen LogP contribution in [-0.4, -0.2) is 22.0 Å². The van der Waals surface area contributed by atoms with E-state index in [4.69, 9.17) is 9.47 Å². The number of hydrogen-bond donors (Lipinski definition) is 0. The molecule has 4 rings (SSSR count). The maximum absolute atomic E-state index is 14.9. The Morgan fingerprint density at radius 3 is 1.30 bits per heavy atom. The zero-order chi connectivity index (χ0) is 22.3. The first-order valence-electron chi connectivity index (χ1n) is 10.5. The van der Waals surface area contributed by atoms with E-state index in [1.807, 2.05) is 91.8 Å². The highest BCUT2D eigenvalue weighted by Gasteiger charge is 2.65. The average Bonchev–Trinajstić information content (AvgIpc) is 3.09. The predicted octanol–water partition coefficient (Wildman–Crippen LogP) is 6.01. The predicted molar refractivity (Wildman–Crippen MR) is 125 cm³/mol. The lowest BCUT2D eigenvalue weighted by Crippen LogP contribution is -2.41. The van der Waals surface area contributed by atoms with Crippen molar-refractivity contribution in [1.29, 1.82) is 0 Å². The van der Waals surface area contributed by atoms with E-state index < -0.39 is 36.3 Å². The molecular formula is C24H32O4P2. The summed E-state index contributed by atoms with van der Waals surface area (Å²) in [6, 6.07) is 11.5. The van der Waals surface area contributed by atoms with Crippen LogP contribution in [0.1, 0.15) is 52.7 Å². The van der Waals surface area contributed by atoms with Crippen molar-refractivity contribution in [2.45, 2.75) is 77.4 Å². The third kappa shape index (κ3) is 2.66. The Kier molecular flexibility index (Phi) is 4.71. The SMILES string of the molecule is Cc1cccc2c1[P@](=O)(C(C)(C)C)[C@@H]([C@H]1Oc3cccc(C)c3[P@]1(=O)C(C)(C)C)O2. The van der Waals surface area contributed by atoms with Crippen molar-refractivity contribution in [3.63, 3.8) is 0 Å². The first kappa shape index (κ1) is 21.7. The van der Waals surface area contributed by atoms with Gasteiger partial charge in [0.25, 0.3) is 0 Å². The lowest BCUT2D eigenvalue weighted by molar-refractivity contribution is 0.162. The zero-order valence-corrected chi connectivity index (χ0v) is 20.9. The smallest absolute Gasteiger partial charge is 0.199 e. The van der Waals surface area contributed by atoms with Crippen molar-refractivity contribution in [1.82, 2.24) is 0 Å². The molecule has 2 aliphatic rings. The standard InChI is InChI=1S/C24H32O4P2/c1-15-11-9-13-17-19(15)29(25,23(3,4)5)21(27-17)22-28-18-14-10-12-16(2)20(18)30(22,26)24(6,7)8/h9-14,21-22H,1-8H3/t21-,22-,29+,30+/m0/s1. The molecule has 0 N–H and O–H groups in total. The van der Waals surface area contributed by atoms with Gasteiger partial charge in [0.05, 0.1) is 10.6 Å². The molecule has 0 saturated heterocycles. The Hall–Kier alpha value is -1.50. The second-order valence-corrected chi connectivity index (χ2v) is 17.7. The van der Waals surface area contributed by atoms with Gasteiger partial charge >= 0.3 is 0 Å². The van der Waals surface area contributed by atoms with Crippen molar-refractivity contribution in [2.75, 3.05) is 0 Å². The van der Waals surface area contributed by atoms with Crippen LogP contribution in [0.15, 0.2) is 36.4 Å². The molecule has 30 heavy (non-hydrogen) atoms. The topological polar surface area (TPSA) is 52.6 Å². The van der Waals surface area contributed by atoms with Gasteiger partial charge in [0.15, 0.2) is 26.0 Å². The fourth-order valence-electron chi connectivity index (χ4n) is 4.88. The van der Waals surface area contributed by atoms with Crippen LogP contribution in [0.2, 0.25) is 0 Å². The molecule has 2 aliphatic heterocycles. The largest absolute Gasteiger partial charge is 0.477 e. The molecule has 0 aromatic heterocycles. The summed E-state index contributed by atoms with van der Waals surface area (Å²) in [5.74, 6) is -0.305. The van der Waals surface area contributed by atoms with Crippen LogP contribution < -0.4 is 20.1 Å². The van der Waals surface area contributed by atoms with E-state index in [0.29, 0.717) is 11.5 Å². The highest BCUT2D eigenvalue weighted by molar-refractivity contribution is 7.78. The van der Waals surface area contributed by atoms with Gasteiger partial charge in [0, 0.05) is 10.3 Å². The molecule has 0 aliphatic carbocycles. The normalized spacial score (nSPS) is 30.4. The van der Waals surface area contributed by atoms with Gasteiger partial charge in [0.1, 0.15) is 11.5 Å². The molecule has 4 atom stereocenters. The van der Waals surface area contributed by atoms with Crippen LogP contribution in [0.5, 0.6) is 11.5 Å². The molecule has 0 fully saturated rings. The fourth-order valence-corrected chi connectivity index (χ4v) is 12.9. The van der Waals surface area contributed by atoms with Crippen LogP contribution in [0.25, 0.3) is 0 Å². The van der Waals surface area contributed by atoms with Crippen LogP contribution in [0, 0.1) is 13.8 Å². The molecule has 2 aromatic carbocycles. The van der Waals surface area contributed by atoms with Gasteiger partial charge in [-0.3, -0.25) is 0 Å². The third-order valence-corrected chi connectivity index (χ3v) is 15.4. The molecule has 0 unspecified atom stereocenters. The summed E-state index contributed by atoms with van der Waals surface area (Å²) in [4.78, 5) is 0. The molecule has 2 aromatic rings. The van der Waals surface area contributed by atoms with E-state index in [1.165, 1.54) is 0 Å². The number of benzene rings is 2. The minimum atomic E-state index is -3.15. The number of fused-ring (bicyclic) bond motifs is 2. The Balaban J connectivity index is 1.99. The summed E-state index contributed by atoms with van der Waals surface area (Å²) >= 11 is 0. The monoisotopic (exact) mass is 446 g/mol. The molecule has 0 amide bonds. The van der Waals surface area contributed by atoms with E-state index in [1.54, 1.807) is 0 Å². The van der Waals surface area contributed by atoms with Gasteiger partial charge in [0.2, 0.25) is 0 Å². The van der Waals surface area contributed by atoms with Crippen molar-refractivity contribution < 1.29 is 18.6 Å². The van der Waals surface area contributed by atoms with E-state index >= 15 is 0 Å². The van der Waals surface area contributed by atoms with E-state index in [0.717, 1.165) is 21.7 Å².